The first kappa shape index (κ1) is 18.5. The largest absolute Gasteiger partial charge is 0.573 e. The van der Waals surface area contributed by atoms with Crippen LogP contribution in [-0.2, 0) is 4.79 Å². The highest BCUT2D eigenvalue weighted by Crippen LogP contribution is 2.28. The van der Waals surface area contributed by atoms with Gasteiger partial charge in [0.1, 0.15) is 0 Å². The molecule has 1 aliphatic heterocycles. The van der Waals surface area contributed by atoms with E-state index in [2.05, 4.69) is 9.64 Å². The van der Waals surface area contributed by atoms with Gasteiger partial charge in [0.15, 0.2) is 11.6 Å². The number of piperazine rings is 1. The van der Waals surface area contributed by atoms with Gasteiger partial charge in [0.05, 0.1) is 5.92 Å². The molecule has 1 unspecified atom stereocenters. The van der Waals surface area contributed by atoms with Gasteiger partial charge in [-0.05, 0) is 24.7 Å². The van der Waals surface area contributed by atoms with Gasteiger partial charge in [-0.3, -0.25) is 9.69 Å². The maximum atomic E-state index is 13.8. The molecule has 134 valence electrons. The number of primary amides is 1. The molecule has 9 heteroatoms. The summed E-state index contributed by atoms with van der Waals surface area (Å²) >= 11 is 0. The lowest BCUT2D eigenvalue weighted by Crippen LogP contribution is -2.47. The Bertz CT molecular complexity index is 587. The van der Waals surface area contributed by atoms with E-state index in [-0.39, 0.29) is 5.56 Å². The Morgan fingerprint density at radius 1 is 1.29 bits per heavy atom. The molecule has 5 nitrogen and oxygen atoms in total. The van der Waals surface area contributed by atoms with Gasteiger partial charge >= 0.3 is 6.36 Å². The van der Waals surface area contributed by atoms with Crippen LogP contribution in [0.3, 0.4) is 0 Å². The highest BCUT2D eigenvalue weighted by Gasteiger charge is 2.33. The van der Waals surface area contributed by atoms with Crippen molar-refractivity contribution in [2.24, 2.45) is 5.73 Å². The Labute approximate surface area is 137 Å². The van der Waals surface area contributed by atoms with Crippen LogP contribution in [0.15, 0.2) is 18.2 Å². The van der Waals surface area contributed by atoms with Gasteiger partial charge in [-0.25, -0.2) is 4.39 Å². The molecular formula is C15H19F4N3O2. The quantitative estimate of drug-likeness (QED) is 0.820. The number of likely N-dealkylation sites (N-methyl/N-ethyl adjacent to an activating group) is 1. The van der Waals surface area contributed by atoms with Crippen LogP contribution in [0, 0.1) is 5.82 Å². The molecule has 0 saturated carbocycles. The number of hydrogen-bond donors (Lipinski definition) is 1. The number of rotatable bonds is 5. The molecule has 1 aromatic rings. The van der Waals surface area contributed by atoms with Crippen molar-refractivity contribution in [2.45, 2.75) is 12.3 Å². The summed E-state index contributed by atoms with van der Waals surface area (Å²) in [5.74, 6) is -3.58. The third-order valence-corrected chi connectivity index (χ3v) is 3.96. The molecule has 1 amide bonds. The van der Waals surface area contributed by atoms with Gasteiger partial charge < -0.3 is 15.4 Å². The molecule has 0 aliphatic carbocycles. The molecule has 1 saturated heterocycles. The second kappa shape index (κ2) is 7.35. The van der Waals surface area contributed by atoms with E-state index in [1.165, 1.54) is 6.07 Å². The van der Waals surface area contributed by atoms with E-state index < -0.39 is 29.8 Å². The fourth-order valence-corrected chi connectivity index (χ4v) is 2.59. The summed E-state index contributed by atoms with van der Waals surface area (Å²) in [6.07, 6.45) is -4.98. The highest BCUT2D eigenvalue weighted by atomic mass is 19.4. The topological polar surface area (TPSA) is 58.8 Å². The number of halogens is 4. The van der Waals surface area contributed by atoms with Crippen molar-refractivity contribution in [1.82, 2.24) is 9.80 Å². The normalized spacial score (nSPS) is 18.4. The van der Waals surface area contributed by atoms with Crippen LogP contribution in [0.1, 0.15) is 11.5 Å². The number of alkyl halides is 3. The molecule has 1 aromatic carbocycles. The Balaban J connectivity index is 2.13. The monoisotopic (exact) mass is 349 g/mol. The van der Waals surface area contributed by atoms with E-state index in [1.807, 2.05) is 11.9 Å². The third kappa shape index (κ3) is 5.07. The van der Waals surface area contributed by atoms with Gasteiger partial charge in [-0.2, -0.15) is 0 Å². The number of benzene rings is 1. The summed E-state index contributed by atoms with van der Waals surface area (Å²) in [5, 5.41) is 0. The van der Waals surface area contributed by atoms with Gasteiger partial charge in [0, 0.05) is 32.7 Å². The number of amides is 1. The van der Waals surface area contributed by atoms with E-state index >= 15 is 0 Å². The van der Waals surface area contributed by atoms with Gasteiger partial charge in [-0.1, -0.05) is 6.07 Å². The zero-order valence-corrected chi connectivity index (χ0v) is 13.1. The SMILES string of the molecule is CN1CCN(CC(C(N)=O)c2ccc(OC(F)(F)F)c(F)c2)CC1. The molecular weight excluding hydrogens is 330 g/mol. The summed E-state index contributed by atoms with van der Waals surface area (Å²) in [5.41, 5.74) is 5.62. The zero-order valence-electron chi connectivity index (χ0n) is 13.1. The molecule has 2 N–H and O–H groups in total. The van der Waals surface area contributed by atoms with E-state index in [9.17, 15) is 22.4 Å². The molecule has 0 aromatic heterocycles. The van der Waals surface area contributed by atoms with Crippen LogP contribution in [-0.4, -0.2) is 61.8 Å². The van der Waals surface area contributed by atoms with Crippen LogP contribution in [0.25, 0.3) is 0 Å². The van der Waals surface area contributed by atoms with Gasteiger partial charge in [0.25, 0.3) is 0 Å². The maximum Gasteiger partial charge on any atom is 0.573 e. The first-order chi connectivity index (χ1) is 11.2. The lowest BCUT2D eigenvalue weighted by molar-refractivity contribution is -0.275. The summed E-state index contributed by atoms with van der Waals surface area (Å²) in [6.45, 7) is 3.43. The number of carbonyl (C=O) groups excluding carboxylic acids is 1. The third-order valence-electron chi connectivity index (χ3n) is 3.96. The zero-order chi connectivity index (χ0) is 17.9. The number of ether oxygens (including phenoxy) is 1. The van der Waals surface area contributed by atoms with Crippen LogP contribution in [0.4, 0.5) is 17.6 Å². The molecule has 0 spiro atoms. The highest BCUT2D eigenvalue weighted by molar-refractivity contribution is 5.82. The summed E-state index contributed by atoms with van der Waals surface area (Å²) in [4.78, 5) is 15.9. The lowest BCUT2D eigenvalue weighted by atomic mass is 9.97. The van der Waals surface area contributed by atoms with Crippen LogP contribution >= 0.6 is 0 Å². The van der Waals surface area contributed by atoms with Crippen molar-refractivity contribution in [3.63, 3.8) is 0 Å². The minimum absolute atomic E-state index is 0.230. The predicted octanol–water partition coefficient (Wildman–Crippen LogP) is 1.54. The Kier molecular flexibility index (Phi) is 5.66. The van der Waals surface area contributed by atoms with Gasteiger partial charge in [0.2, 0.25) is 5.91 Å². The van der Waals surface area contributed by atoms with E-state index in [0.29, 0.717) is 6.54 Å². The number of hydrogen-bond acceptors (Lipinski definition) is 4. The molecule has 24 heavy (non-hydrogen) atoms. The second-order valence-electron chi connectivity index (χ2n) is 5.80. The Morgan fingerprint density at radius 3 is 2.42 bits per heavy atom. The van der Waals surface area contributed by atoms with Crippen molar-refractivity contribution in [3.8, 4) is 5.75 Å². The smallest absolute Gasteiger partial charge is 0.403 e. The Morgan fingerprint density at radius 2 is 1.92 bits per heavy atom. The van der Waals surface area contributed by atoms with Crippen molar-refractivity contribution >= 4 is 5.91 Å². The van der Waals surface area contributed by atoms with Crippen LogP contribution in [0.2, 0.25) is 0 Å². The minimum atomic E-state index is -4.98. The molecule has 1 fully saturated rings. The summed E-state index contributed by atoms with van der Waals surface area (Å²) < 4.78 is 53.9. The van der Waals surface area contributed by atoms with Crippen molar-refractivity contribution < 1.29 is 27.1 Å². The van der Waals surface area contributed by atoms with Crippen molar-refractivity contribution in [2.75, 3.05) is 39.8 Å². The number of nitrogens with two attached hydrogens (primary N) is 1. The Hall–Kier alpha value is -1.87. The van der Waals surface area contributed by atoms with Crippen LogP contribution < -0.4 is 10.5 Å². The average molecular weight is 349 g/mol. The maximum absolute atomic E-state index is 13.8. The first-order valence-corrected chi connectivity index (χ1v) is 7.41. The van der Waals surface area contributed by atoms with Gasteiger partial charge in [-0.15, -0.1) is 13.2 Å². The minimum Gasteiger partial charge on any atom is -0.403 e. The molecule has 0 radical (unpaired) electrons. The number of carbonyl (C=O) groups is 1. The predicted molar refractivity (Wildman–Crippen MR) is 79.0 cm³/mol. The molecule has 1 atom stereocenters. The second-order valence-corrected chi connectivity index (χ2v) is 5.80. The number of nitrogens with zero attached hydrogens (tertiary/aromatic N) is 2. The van der Waals surface area contributed by atoms with E-state index in [0.717, 1.165) is 38.3 Å². The van der Waals surface area contributed by atoms with Crippen molar-refractivity contribution in [3.05, 3.63) is 29.6 Å². The molecule has 0 bridgehead atoms. The molecule has 1 heterocycles. The first-order valence-electron chi connectivity index (χ1n) is 7.41. The van der Waals surface area contributed by atoms with E-state index in [4.69, 9.17) is 5.73 Å². The molecule has 1 aliphatic rings. The average Bonchev–Trinajstić information content (AvgIpc) is 2.47. The summed E-state index contributed by atoms with van der Waals surface area (Å²) in [6, 6.07) is 2.96. The van der Waals surface area contributed by atoms with E-state index in [1.54, 1.807) is 0 Å². The van der Waals surface area contributed by atoms with Crippen molar-refractivity contribution in [1.29, 1.82) is 0 Å². The lowest BCUT2D eigenvalue weighted by Gasteiger charge is -2.34. The summed E-state index contributed by atoms with van der Waals surface area (Å²) in [7, 11) is 1.98. The fraction of sp³-hybridized carbons (Fsp3) is 0.533. The molecule has 2 rings (SSSR count). The fourth-order valence-electron chi connectivity index (χ4n) is 2.59. The van der Waals surface area contributed by atoms with Crippen LogP contribution in [0.5, 0.6) is 5.75 Å². The standard InChI is InChI=1S/C15H19F4N3O2/c1-21-4-6-22(7-5-21)9-11(14(20)23)10-2-3-13(12(16)8-10)24-15(17,18)19/h2-3,8,11H,4-7,9H2,1H3,(H2,20,23).